The van der Waals surface area contributed by atoms with Gasteiger partial charge in [-0.2, -0.15) is 0 Å². The first kappa shape index (κ1) is 15.7. The molecule has 20 heavy (non-hydrogen) atoms. The van der Waals surface area contributed by atoms with Gasteiger partial charge in [-0.15, -0.1) is 11.3 Å². The highest BCUT2D eigenvalue weighted by Gasteiger charge is 2.14. The van der Waals surface area contributed by atoms with Gasteiger partial charge in [0.15, 0.2) is 0 Å². The van der Waals surface area contributed by atoms with Crippen LogP contribution < -0.4 is 5.32 Å². The van der Waals surface area contributed by atoms with E-state index in [1.54, 1.807) is 11.3 Å². The van der Waals surface area contributed by atoms with Gasteiger partial charge in [-0.05, 0) is 36.9 Å². The Morgan fingerprint density at radius 2 is 2.05 bits per heavy atom. The van der Waals surface area contributed by atoms with E-state index in [1.165, 1.54) is 15.7 Å². The SMILES string of the molecule is CC(C)NCC(Cc1cscn1)Cc1ccccc1Br. The summed E-state index contributed by atoms with van der Waals surface area (Å²) in [7, 11) is 0. The molecule has 0 aliphatic carbocycles. The highest BCUT2D eigenvalue weighted by atomic mass is 79.9. The molecule has 1 aromatic carbocycles. The molecule has 0 radical (unpaired) electrons. The molecule has 1 aromatic heterocycles. The molecule has 0 bridgehead atoms. The van der Waals surface area contributed by atoms with E-state index in [1.807, 2.05) is 5.51 Å². The normalized spacial score (nSPS) is 12.8. The van der Waals surface area contributed by atoms with E-state index in [0.29, 0.717) is 12.0 Å². The van der Waals surface area contributed by atoms with E-state index in [9.17, 15) is 0 Å². The van der Waals surface area contributed by atoms with Gasteiger partial charge in [0.25, 0.3) is 0 Å². The van der Waals surface area contributed by atoms with Crippen LogP contribution in [0.2, 0.25) is 0 Å². The largest absolute Gasteiger partial charge is 0.314 e. The van der Waals surface area contributed by atoms with E-state index < -0.39 is 0 Å². The lowest BCUT2D eigenvalue weighted by molar-refractivity contribution is 0.441. The zero-order valence-corrected chi connectivity index (χ0v) is 14.4. The van der Waals surface area contributed by atoms with E-state index in [0.717, 1.165) is 19.4 Å². The van der Waals surface area contributed by atoms with Gasteiger partial charge in [-0.1, -0.05) is 48.0 Å². The van der Waals surface area contributed by atoms with Crippen LogP contribution in [0.3, 0.4) is 0 Å². The van der Waals surface area contributed by atoms with Crippen LogP contribution in [0.15, 0.2) is 39.6 Å². The zero-order valence-electron chi connectivity index (χ0n) is 12.0. The maximum Gasteiger partial charge on any atom is 0.0794 e. The van der Waals surface area contributed by atoms with Gasteiger partial charge in [-0.3, -0.25) is 0 Å². The van der Waals surface area contributed by atoms with Gasteiger partial charge in [-0.25, -0.2) is 4.98 Å². The molecule has 2 aromatic rings. The quantitative estimate of drug-likeness (QED) is 0.803. The Hall–Kier alpha value is -0.710. The molecule has 0 saturated heterocycles. The second-order valence-corrected chi connectivity index (χ2v) is 6.98. The molecule has 2 rings (SSSR count). The Morgan fingerprint density at radius 1 is 1.25 bits per heavy atom. The first-order chi connectivity index (χ1) is 9.65. The molecule has 0 fully saturated rings. The lowest BCUT2D eigenvalue weighted by Crippen LogP contribution is -2.31. The highest BCUT2D eigenvalue weighted by Crippen LogP contribution is 2.21. The summed E-state index contributed by atoms with van der Waals surface area (Å²) < 4.78 is 1.20. The van der Waals surface area contributed by atoms with Gasteiger partial charge in [0.05, 0.1) is 11.2 Å². The van der Waals surface area contributed by atoms with Crippen molar-refractivity contribution in [2.24, 2.45) is 5.92 Å². The predicted molar refractivity (Wildman–Crippen MR) is 90.3 cm³/mol. The molecular weight excluding hydrogens is 332 g/mol. The molecule has 1 unspecified atom stereocenters. The molecule has 0 aliphatic heterocycles. The van der Waals surface area contributed by atoms with Crippen molar-refractivity contribution in [3.63, 3.8) is 0 Å². The fourth-order valence-electron chi connectivity index (χ4n) is 2.23. The number of nitrogens with one attached hydrogen (secondary N) is 1. The fourth-order valence-corrected chi connectivity index (χ4v) is 3.25. The molecule has 0 aliphatic rings. The summed E-state index contributed by atoms with van der Waals surface area (Å²) in [6.45, 7) is 5.41. The topological polar surface area (TPSA) is 24.9 Å². The summed E-state index contributed by atoms with van der Waals surface area (Å²) in [5.41, 5.74) is 4.50. The summed E-state index contributed by atoms with van der Waals surface area (Å²) in [4.78, 5) is 4.43. The number of aromatic nitrogens is 1. The van der Waals surface area contributed by atoms with Crippen molar-refractivity contribution in [2.75, 3.05) is 6.54 Å². The maximum absolute atomic E-state index is 4.43. The third-order valence-corrected chi connectivity index (χ3v) is 4.67. The van der Waals surface area contributed by atoms with Crippen LogP contribution in [0, 0.1) is 5.92 Å². The molecule has 4 heteroatoms. The average molecular weight is 353 g/mol. The number of thiazole rings is 1. The summed E-state index contributed by atoms with van der Waals surface area (Å²) >= 11 is 5.32. The van der Waals surface area contributed by atoms with Crippen molar-refractivity contribution >= 4 is 27.3 Å². The number of benzene rings is 1. The van der Waals surface area contributed by atoms with Crippen molar-refractivity contribution in [1.29, 1.82) is 0 Å². The molecule has 0 amide bonds. The summed E-state index contributed by atoms with van der Waals surface area (Å²) in [5, 5.41) is 5.71. The molecule has 0 spiro atoms. The van der Waals surface area contributed by atoms with E-state index in [4.69, 9.17) is 0 Å². The Bertz CT molecular complexity index is 511. The first-order valence-corrected chi connectivity index (χ1v) is 8.72. The second-order valence-electron chi connectivity index (χ2n) is 5.41. The molecule has 1 N–H and O–H groups in total. The number of halogens is 1. The van der Waals surface area contributed by atoms with Crippen LogP contribution in [-0.4, -0.2) is 17.6 Å². The van der Waals surface area contributed by atoms with Crippen molar-refractivity contribution in [1.82, 2.24) is 10.3 Å². The number of hydrogen-bond acceptors (Lipinski definition) is 3. The monoisotopic (exact) mass is 352 g/mol. The molecule has 2 nitrogen and oxygen atoms in total. The zero-order chi connectivity index (χ0) is 14.4. The summed E-state index contributed by atoms with van der Waals surface area (Å²) in [6, 6.07) is 9.01. The number of hydrogen-bond donors (Lipinski definition) is 1. The Morgan fingerprint density at radius 3 is 2.70 bits per heavy atom. The highest BCUT2D eigenvalue weighted by molar-refractivity contribution is 9.10. The van der Waals surface area contributed by atoms with Crippen LogP contribution in [0.25, 0.3) is 0 Å². The smallest absolute Gasteiger partial charge is 0.0794 e. The molecule has 108 valence electrons. The minimum Gasteiger partial charge on any atom is -0.314 e. The van der Waals surface area contributed by atoms with Crippen molar-refractivity contribution in [2.45, 2.75) is 32.7 Å². The number of nitrogens with zero attached hydrogens (tertiary/aromatic N) is 1. The van der Waals surface area contributed by atoms with Crippen LogP contribution in [0.1, 0.15) is 25.1 Å². The van der Waals surface area contributed by atoms with Crippen LogP contribution in [0.5, 0.6) is 0 Å². The maximum atomic E-state index is 4.43. The van der Waals surface area contributed by atoms with Gasteiger partial charge >= 0.3 is 0 Å². The second kappa shape index (κ2) is 7.91. The van der Waals surface area contributed by atoms with Crippen molar-refractivity contribution in [3.8, 4) is 0 Å². The van der Waals surface area contributed by atoms with Gasteiger partial charge in [0, 0.05) is 15.9 Å². The lowest BCUT2D eigenvalue weighted by atomic mass is 9.94. The molecule has 0 saturated carbocycles. The van der Waals surface area contributed by atoms with Gasteiger partial charge < -0.3 is 5.32 Å². The van der Waals surface area contributed by atoms with Gasteiger partial charge in [0.2, 0.25) is 0 Å². The van der Waals surface area contributed by atoms with E-state index >= 15 is 0 Å². The fraction of sp³-hybridized carbons (Fsp3) is 0.438. The van der Waals surface area contributed by atoms with Crippen molar-refractivity contribution < 1.29 is 0 Å². The first-order valence-electron chi connectivity index (χ1n) is 6.99. The number of rotatable bonds is 7. The summed E-state index contributed by atoms with van der Waals surface area (Å²) in [5.74, 6) is 0.568. The van der Waals surface area contributed by atoms with Crippen LogP contribution in [0.4, 0.5) is 0 Å². The van der Waals surface area contributed by atoms with Crippen LogP contribution in [-0.2, 0) is 12.8 Å². The minimum atomic E-state index is 0.521. The Balaban J connectivity index is 2.03. The molecule has 1 heterocycles. The summed E-state index contributed by atoms with van der Waals surface area (Å²) in [6.07, 6.45) is 2.10. The van der Waals surface area contributed by atoms with Crippen molar-refractivity contribution in [3.05, 3.63) is 50.9 Å². The lowest BCUT2D eigenvalue weighted by Gasteiger charge is -2.19. The van der Waals surface area contributed by atoms with Gasteiger partial charge in [0.1, 0.15) is 0 Å². The molecule has 1 atom stereocenters. The van der Waals surface area contributed by atoms with E-state index in [2.05, 4.69) is 69.7 Å². The van der Waals surface area contributed by atoms with Crippen LogP contribution >= 0.6 is 27.3 Å². The third-order valence-electron chi connectivity index (χ3n) is 3.26. The standard InChI is InChI=1S/C16H21BrN2S/c1-12(2)18-9-13(8-15-10-20-11-19-15)7-14-5-3-4-6-16(14)17/h3-6,10-13,18H,7-9H2,1-2H3. The average Bonchev–Trinajstić information content (AvgIpc) is 2.91. The predicted octanol–water partition coefficient (Wildman–Crippen LogP) is 4.31. The minimum absolute atomic E-state index is 0.521. The van der Waals surface area contributed by atoms with E-state index in [-0.39, 0.29) is 0 Å². The molecular formula is C16H21BrN2S. The Kier molecular flexibility index (Phi) is 6.20. The third kappa shape index (κ3) is 5.00. The Labute approximate surface area is 133 Å².